The van der Waals surface area contributed by atoms with Crippen molar-refractivity contribution in [1.82, 2.24) is 4.90 Å². The number of nitrogens with zero attached hydrogens (tertiary/aromatic N) is 1. The van der Waals surface area contributed by atoms with Gasteiger partial charge in [-0.05, 0) is 12.1 Å². The lowest BCUT2D eigenvalue weighted by atomic mass is 10.3. The lowest BCUT2D eigenvalue weighted by Crippen LogP contribution is -2.29. The molecule has 1 fully saturated rings. The molecule has 1 saturated heterocycles. The Kier molecular flexibility index (Phi) is 4.79. The van der Waals surface area contributed by atoms with Gasteiger partial charge < -0.3 is 15.1 Å². The molecule has 1 aliphatic heterocycles. The lowest BCUT2D eigenvalue weighted by molar-refractivity contribution is -0.130. The van der Waals surface area contributed by atoms with Crippen molar-refractivity contribution in [2.75, 3.05) is 18.8 Å². The quantitative estimate of drug-likeness (QED) is 0.806. The molecule has 1 aliphatic rings. The number of halogens is 1. The lowest BCUT2D eigenvalue weighted by Gasteiger charge is -2.14. The van der Waals surface area contributed by atoms with Crippen LogP contribution >= 0.6 is 11.8 Å². The van der Waals surface area contributed by atoms with Gasteiger partial charge in [0.25, 0.3) is 0 Å². The Hall–Kier alpha value is -1.11. The van der Waals surface area contributed by atoms with Crippen LogP contribution in [-0.2, 0) is 4.79 Å². The number of thioether (sulfide) groups is 1. The molecule has 6 heteroatoms. The Morgan fingerprint density at radius 3 is 2.58 bits per heavy atom. The molecule has 4 nitrogen and oxygen atoms in total. The van der Waals surface area contributed by atoms with Crippen molar-refractivity contribution in [1.29, 1.82) is 0 Å². The molecule has 0 bridgehead atoms. The molecule has 1 aromatic carbocycles. The molecule has 0 saturated carbocycles. The summed E-state index contributed by atoms with van der Waals surface area (Å²) < 4.78 is 13.3. The molecule has 2 rings (SSSR count). The third-order valence-corrected chi connectivity index (χ3v) is 4.07. The van der Waals surface area contributed by atoms with E-state index in [2.05, 4.69) is 0 Å². The van der Waals surface area contributed by atoms with E-state index in [0.717, 1.165) is 0 Å². The monoisotopic (exact) mass is 285 g/mol. The molecule has 0 aliphatic carbocycles. The second-order valence-electron chi connectivity index (χ2n) is 4.46. The highest BCUT2D eigenvalue weighted by Crippen LogP contribution is 2.22. The maximum Gasteiger partial charge on any atom is 0.223 e. The summed E-state index contributed by atoms with van der Waals surface area (Å²) >= 11 is 1.29. The van der Waals surface area contributed by atoms with E-state index >= 15 is 0 Å². The molecule has 1 heterocycles. The van der Waals surface area contributed by atoms with Gasteiger partial charge in [0, 0.05) is 30.2 Å². The van der Waals surface area contributed by atoms with Crippen molar-refractivity contribution in [3.05, 3.63) is 30.1 Å². The standard InChI is InChI=1S/C13H16FNO3S/c14-9-3-1-2-4-12(9)19-6-5-13(18)15-7-10(16)11(17)8-15/h1-4,10-11,16-17H,5-8H2/t10-,11+. The Morgan fingerprint density at radius 1 is 1.32 bits per heavy atom. The Bertz CT molecular complexity index is 447. The van der Waals surface area contributed by atoms with Crippen molar-refractivity contribution >= 4 is 17.7 Å². The average molecular weight is 285 g/mol. The number of benzene rings is 1. The van der Waals surface area contributed by atoms with Gasteiger partial charge in [-0.2, -0.15) is 0 Å². The van der Waals surface area contributed by atoms with Crippen LogP contribution in [0, 0.1) is 5.82 Å². The summed E-state index contributed by atoms with van der Waals surface area (Å²) in [6.45, 7) is 0.342. The third-order valence-electron chi connectivity index (χ3n) is 3.02. The minimum absolute atomic E-state index is 0.126. The van der Waals surface area contributed by atoms with Crippen molar-refractivity contribution in [2.24, 2.45) is 0 Å². The van der Waals surface area contributed by atoms with Crippen LogP contribution in [0.4, 0.5) is 4.39 Å². The van der Waals surface area contributed by atoms with Gasteiger partial charge in [0.05, 0.1) is 12.2 Å². The summed E-state index contributed by atoms with van der Waals surface area (Å²) in [7, 11) is 0. The Morgan fingerprint density at radius 2 is 1.95 bits per heavy atom. The molecule has 104 valence electrons. The first kappa shape index (κ1) is 14.3. The van der Waals surface area contributed by atoms with E-state index in [1.807, 2.05) is 0 Å². The van der Waals surface area contributed by atoms with Gasteiger partial charge in [-0.25, -0.2) is 4.39 Å². The number of rotatable bonds is 4. The van der Waals surface area contributed by atoms with Crippen LogP contribution in [0.5, 0.6) is 0 Å². The maximum absolute atomic E-state index is 13.3. The molecular formula is C13H16FNO3S. The highest BCUT2D eigenvalue weighted by Gasteiger charge is 2.31. The molecule has 2 atom stereocenters. The van der Waals surface area contributed by atoms with Crippen LogP contribution in [0.25, 0.3) is 0 Å². The van der Waals surface area contributed by atoms with Crippen LogP contribution in [0.1, 0.15) is 6.42 Å². The molecular weight excluding hydrogens is 269 g/mol. The minimum Gasteiger partial charge on any atom is -0.388 e. The molecule has 0 aromatic heterocycles. The average Bonchev–Trinajstić information content (AvgIpc) is 2.72. The number of aliphatic hydroxyl groups is 2. The molecule has 19 heavy (non-hydrogen) atoms. The number of aliphatic hydroxyl groups excluding tert-OH is 2. The highest BCUT2D eigenvalue weighted by molar-refractivity contribution is 7.99. The van der Waals surface area contributed by atoms with Crippen molar-refractivity contribution in [3.8, 4) is 0 Å². The second kappa shape index (κ2) is 6.36. The first-order valence-electron chi connectivity index (χ1n) is 6.09. The van der Waals surface area contributed by atoms with Gasteiger partial charge in [-0.15, -0.1) is 11.8 Å². The minimum atomic E-state index is -0.858. The topological polar surface area (TPSA) is 60.8 Å². The van der Waals surface area contributed by atoms with E-state index in [9.17, 15) is 19.4 Å². The summed E-state index contributed by atoms with van der Waals surface area (Å²) in [5.74, 6) is 0.0639. The summed E-state index contributed by atoms with van der Waals surface area (Å²) in [5, 5.41) is 18.7. The maximum atomic E-state index is 13.3. The summed E-state index contributed by atoms with van der Waals surface area (Å²) in [4.78, 5) is 13.8. The zero-order valence-corrected chi connectivity index (χ0v) is 11.1. The zero-order valence-electron chi connectivity index (χ0n) is 10.3. The smallest absolute Gasteiger partial charge is 0.223 e. The molecule has 1 amide bonds. The predicted octanol–water partition coefficient (Wildman–Crippen LogP) is 0.872. The van der Waals surface area contributed by atoms with Gasteiger partial charge >= 0.3 is 0 Å². The summed E-state index contributed by atoms with van der Waals surface area (Å²) in [6.07, 6.45) is -1.45. The first-order chi connectivity index (χ1) is 9.08. The predicted molar refractivity (Wildman–Crippen MR) is 70.3 cm³/mol. The van der Waals surface area contributed by atoms with Crippen LogP contribution in [0.2, 0.25) is 0 Å². The van der Waals surface area contributed by atoms with Gasteiger partial charge in [0.2, 0.25) is 5.91 Å². The van der Waals surface area contributed by atoms with E-state index in [1.165, 1.54) is 22.7 Å². The first-order valence-corrected chi connectivity index (χ1v) is 7.07. The van der Waals surface area contributed by atoms with E-state index < -0.39 is 12.2 Å². The molecule has 0 radical (unpaired) electrons. The third kappa shape index (κ3) is 3.68. The fraction of sp³-hybridized carbons (Fsp3) is 0.462. The van der Waals surface area contributed by atoms with E-state index in [4.69, 9.17) is 0 Å². The van der Waals surface area contributed by atoms with Gasteiger partial charge in [-0.1, -0.05) is 12.1 Å². The fourth-order valence-corrected chi connectivity index (χ4v) is 2.82. The number of β-amino-alcohol motifs (C(OH)–C–C–N with tert-alkyl or cyclic N) is 2. The van der Waals surface area contributed by atoms with E-state index in [0.29, 0.717) is 10.6 Å². The molecule has 2 N–H and O–H groups in total. The number of hydrogen-bond acceptors (Lipinski definition) is 4. The number of amides is 1. The Labute approximate surface area is 115 Å². The van der Waals surface area contributed by atoms with Gasteiger partial charge in [0.1, 0.15) is 5.82 Å². The van der Waals surface area contributed by atoms with Crippen molar-refractivity contribution in [2.45, 2.75) is 23.5 Å². The SMILES string of the molecule is O=C(CCSc1ccccc1F)N1C[C@@H](O)[C@@H](O)C1. The number of carbonyl (C=O) groups excluding carboxylic acids is 1. The zero-order chi connectivity index (χ0) is 13.8. The normalized spacial score (nSPS) is 22.8. The molecule has 0 spiro atoms. The van der Waals surface area contributed by atoms with Gasteiger partial charge in [0.15, 0.2) is 0 Å². The highest BCUT2D eigenvalue weighted by atomic mass is 32.2. The van der Waals surface area contributed by atoms with Crippen molar-refractivity contribution in [3.63, 3.8) is 0 Å². The summed E-state index contributed by atoms with van der Waals surface area (Å²) in [5.41, 5.74) is 0. The fourth-order valence-electron chi connectivity index (χ4n) is 1.94. The van der Waals surface area contributed by atoms with E-state index in [1.54, 1.807) is 18.2 Å². The van der Waals surface area contributed by atoms with Crippen LogP contribution in [0.3, 0.4) is 0 Å². The number of likely N-dealkylation sites (tertiary alicyclic amines) is 1. The Balaban J connectivity index is 1.77. The molecule has 1 aromatic rings. The van der Waals surface area contributed by atoms with Crippen molar-refractivity contribution < 1.29 is 19.4 Å². The van der Waals surface area contributed by atoms with E-state index in [-0.39, 0.29) is 31.2 Å². The number of hydrogen-bond donors (Lipinski definition) is 2. The van der Waals surface area contributed by atoms with Crippen LogP contribution in [-0.4, -0.2) is 52.1 Å². The van der Waals surface area contributed by atoms with Crippen LogP contribution in [0.15, 0.2) is 29.2 Å². The van der Waals surface area contributed by atoms with Crippen LogP contribution < -0.4 is 0 Å². The number of carbonyl (C=O) groups is 1. The second-order valence-corrected chi connectivity index (χ2v) is 5.60. The largest absolute Gasteiger partial charge is 0.388 e. The summed E-state index contributed by atoms with van der Waals surface area (Å²) in [6, 6.07) is 6.43. The van der Waals surface area contributed by atoms with Gasteiger partial charge in [-0.3, -0.25) is 4.79 Å². The molecule has 0 unspecified atom stereocenters.